The van der Waals surface area contributed by atoms with Crippen LogP contribution >= 0.6 is 0 Å². The van der Waals surface area contributed by atoms with Crippen molar-refractivity contribution in [2.45, 2.75) is 20.0 Å². The molecule has 0 saturated heterocycles. The second-order valence-corrected chi connectivity index (χ2v) is 10.8. The number of nitrogens with zero attached hydrogens (tertiary/aromatic N) is 6. The summed E-state index contributed by atoms with van der Waals surface area (Å²) >= 11 is 0. The van der Waals surface area contributed by atoms with Crippen LogP contribution in [0.15, 0.2) is 42.7 Å². The summed E-state index contributed by atoms with van der Waals surface area (Å²) in [6.45, 7) is 4.67. The van der Waals surface area contributed by atoms with Crippen LogP contribution in [0.3, 0.4) is 0 Å². The summed E-state index contributed by atoms with van der Waals surface area (Å²) in [6, 6.07) is 7.99. The minimum atomic E-state index is -0.659. The van der Waals surface area contributed by atoms with Crippen LogP contribution in [0.4, 0.5) is 23.0 Å². The number of likely N-dealkylation sites (N-methyl/N-ethyl adjacent to an activating group) is 2. The average molecular weight is 605 g/mol. The van der Waals surface area contributed by atoms with Crippen molar-refractivity contribution in [1.29, 1.82) is 0 Å². The lowest BCUT2D eigenvalue weighted by Gasteiger charge is -2.23. The van der Waals surface area contributed by atoms with E-state index in [-0.39, 0.29) is 34.1 Å². The number of benzene rings is 2. The molecule has 0 fully saturated rings. The fourth-order valence-electron chi connectivity index (χ4n) is 4.65. The minimum absolute atomic E-state index is 0.0240. The Morgan fingerprint density at radius 1 is 1.16 bits per heavy atom. The van der Waals surface area contributed by atoms with E-state index in [9.17, 15) is 19.7 Å². The maximum absolute atomic E-state index is 13.2. The van der Waals surface area contributed by atoms with Gasteiger partial charge in [0, 0.05) is 73.7 Å². The Morgan fingerprint density at radius 2 is 1.89 bits per heavy atom. The van der Waals surface area contributed by atoms with E-state index in [0.717, 1.165) is 0 Å². The Hall–Kier alpha value is -5.24. The van der Waals surface area contributed by atoms with Crippen molar-refractivity contribution in [3.05, 3.63) is 64.0 Å². The number of nitro groups is 1. The number of carbonyl (C=O) groups excluding carboxylic acids is 2. The number of primary amides is 1. The number of rotatable bonds is 12. The molecular weight excluding hydrogens is 568 g/mol. The predicted octanol–water partition coefficient (Wildman–Crippen LogP) is 3.96. The highest BCUT2D eigenvalue weighted by Crippen LogP contribution is 2.39. The number of aromatic nitrogens is 3. The third-order valence-corrected chi connectivity index (χ3v) is 6.93. The van der Waals surface area contributed by atoms with E-state index in [1.165, 1.54) is 19.4 Å². The van der Waals surface area contributed by atoms with E-state index >= 15 is 0 Å². The standard InChI is InChI=1S/C30H36N8O6/c1-17(2)44-29(40)21-16-32-30(34-27(21)20-12-18(28(31)39)13-23-19(20)8-9-36(23)5)33-22-14-25(38(41)42)24(15-26(22)43-7)37(6)11-10-35(3)4/h8-9,12-17H,10-11H2,1-7H3,(H2,31,39)(H,32,33,34). The molecule has 2 aromatic carbocycles. The molecule has 14 heteroatoms. The first-order valence-electron chi connectivity index (χ1n) is 13.8. The van der Waals surface area contributed by atoms with Gasteiger partial charge in [-0.25, -0.2) is 14.8 Å². The highest BCUT2D eigenvalue weighted by atomic mass is 16.6. The number of aryl methyl sites for hydroxylation is 1. The van der Waals surface area contributed by atoms with Gasteiger partial charge in [0.15, 0.2) is 0 Å². The van der Waals surface area contributed by atoms with Crippen molar-refractivity contribution >= 4 is 45.8 Å². The lowest BCUT2D eigenvalue weighted by Crippen LogP contribution is -2.29. The van der Waals surface area contributed by atoms with Gasteiger partial charge in [0.05, 0.1) is 29.5 Å². The number of ether oxygens (including phenoxy) is 2. The van der Waals surface area contributed by atoms with Gasteiger partial charge in [-0.15, -0.1) is 0 Å². The van der Waals surface area contributed by atoms with Crippen molar-refractivity contribution in [2.24, 2.45) is 12.8 Å². The number of hydrogen-bond donors (Lipinski definition) is 2. The summed E-state index contributed by atoms with van der Waals surface area (Å²) < 4.78 is 12.9. The van der Waals surface area contributed by atoms with Gasteiger partial charge in [-0.2, -0.15) is 0 Å². The Bertz CT molecular complexity index is 1730. The lowest BCUT2D eigenvalue weighted by molar-refractivity contribution is -0.384. The van der Waals surface area contributed by atoms with Crippen LogP contribution in [0.5, 0.6) is 5.75 Å². The molecule has 0 bridgehead atoms. The predicted molar refractivity (Wildman–Crippen MR) is 168 cm³/mol. The maximum atomic E-state index is 13.2. The van der Waals surface area contributed by atoms with Crippen LogP contribution in [0.25, 0.3) is 22.2 Å². The van der Waals surface area contributed by atoms with Crippen LogP contribution in [-0.2, 0) is 11.8 Å². The molecule has 0 atom stereocenters. The molecule has 0 aliphatic carbocycles. The molecule has 0 unspecified atom stereocenters. The van der Waals surface area contributed by atoms with Crippen molar-refractivity contribution in [2.75, 3.05) is 51.6 Å². The summed E-state index contributed by atoms with van der Waals surface area (Å²) in [6.07, 6.45) is 2.71. The Kier molecular flexibility index (Phi) is 9.33. The van der Waals surface area contributed by atoms with Crippen molar-refractivity contribution < 1.29 is 24.0 Å². The molecule has 4 aromatic rings. The Labute approximate surface area is 254 Å². The Balaban J connectivity index is 1.87. The largest absolute Gasteiger partial charge is 0.494 e. The van der Waals surface area contributed by atoms with Gasteiger partial charge in [0.25, 0.3) is 5.69 Å². The first kappa shape index (κ1) is 31.7. The van der Waals surface area contributed by atoms with Crippen molar-refractivity contribution in [3.8, 4) is 17.0 Å². The summed E-state index contributed by atoms with van der Waals surface area (Å²) in [5.41, 5.74) is 7.72. The number of methoxy groups -OCH3 is 1. The molecule has 4 rings (SSSR count). The van der Waals surface area contributed by atoms with Gasteiger partial charge in [-0.05, 0) is 46.1 Å². The van der Waals surface area contributed by atoms with Crippen LogP contribution in [-0.4, -0.2) is 83.7 Å². The quantitative estimate of drug-likeness (QED) is 0.136. The third-order valence-electron chi connectivity index (χ3n) is 6.93. The minimum Gasteiger partial charge on any atom is -0.494 e. The zero-order valence-corrected chi connectivity index (χ0v) is 25.7. The average Bonchev–Trinajstić information content (AvgIpc) is 3.35. The first-order valence-corrected chi connectivity index (χ1v) is 13.8. The van der Waals surface area contributed by atoms with Gasteiger partial charge >= 0.3 is 5.97 Å². The number of fused-ring (bicyclic) bond motifs is 1. The molecule has 232 valence electrons. The van der Waals surface area contributed by atoms with Gasteiger partial charge in [-0.1, -0.05) is 0 Å². The number of nitro benzene ring substituents is 1. The number of amides is 1. The fraction of sp³-hybridized carbons (Fsp3) is 0.333. The van der Waals surface area contributed by atoms with Gasteiger partial charge in [0.1, 0.15) is 17.0 Å². The summed E-state index contributed by atoms with van der Waals surface area (Å²) in [5.74, 6) is -0.970. The molecule has 0 saturated carbocycles. The van der Waals surface area contributed by atoms with Crippen LogP contribution in [0, 0.1) is 10.1 Å². The molecule has 0 spiro atoms. The molecule has 3 N–H and O–H groups in total. The third kappa shape index (κ3) is 6.70. The smallest absolute Gasteiger partial charge is 0.342 e. The van der Waals surface area contributed by atoms with Crippen molar-refractivity contribution in [3.63, 3.8) is 0 Å². The van der Waals surface area contributed by atoms with Crippen LogP contribution in [0.2, 0.25) is 0 Å². The molecule has 1 amide bonds. The summed E-state index contributed by atoms with van der Waals surface area (Å²) in [7, 11) is 8.89. The highest BCUT2D eigenvalue weighted by molar-refractivity contribution is 6.06. The van der Waals surface area contributed by atoms with E-state index in [2.05, 4.69) is 15.3 Å². The second kappa shape index (κ2) is 13.0. The Morgan fingerprint density at radius 3 is 2.50 bits per heavy atom. The maximum Gasteiger partial charge on any atom is 0.342 e. The zero-order chi connectivity index (χ0) is 32.3. The topological polar surface area (TPSA) is 171 Å². The fourth-order valence-corrected chi connectivity index (χ4v) is 4.65. The van der Waals surface area contributed by atoms with Crippen molar-refractivity contribution in [1.82, 2.24) is 19.4 Å². The second-order valence-electron chi connectivity index (χ2n) is 10.8. The molecular formula is C30H36N8O6. The summed E-state index contributed by atoms with van der Waals surface area (Å²) in [5, 5.41) is 15.8. The molecule has 2 aromatic heterocycles. The SMILES string of the molecule is COc1cc(N(C)CCN(C)C)c([N+](=O)[O-])cc1Nc1ncc(C(=O)OC(C)C)c(-c2cc(C(N)=O)cc3c2ccn3C)n1. The molecule has 0 aliphatic heterocycles. The van der Waals surface area contributed by atoms with Gasteiger partial charge < -0.3 is 34.9 Å². The van der Waals surface area contributed by atoms with Gasteiger partial charge in [0.2, 0.25) is 11.9 Å². The number of nitrogens with two attached hydrogens (primary N) is 1. The normalized spacial score (nSPS) is 11.2. The summed E-state index contributed by atoms with van der Waals surface area (Å²) in [4.78, 5) is 49.8. The first-order chi connectivity index (χ1) is 20.8. The van der Waals surface area contributed by atoms with E-state index in [4.69, 9.17) is 15.2 Å². The zero-order valence-electron chi connectivity index (χ0n) is 25.7. The number of nitrogens with one attached hydrogen (secondary N) is 1. The molecule has 0 radical (unpaired) electrons. The highest BCUT2D eigenvalue weighted by Gasteiger charge is 2.25. The van der Waals surface area contributed by atoms with E-state index in [1.54, 1.807) is 44.0 Å². The lowest BCUT2D eigenvalue weighted by atomic mass is 9.99. The van der Waals surface area contributed by atoms with E-state index < -0.39 is 22.9 Å². The van der Waals surface area contributed by atoms with Crippen LogP contribution in [0.1, 0.15) is 34.6 Å². The molecule has 0 aliphatic rings. The molecule has 44 heavy (non-hydrogen) atoms. The number of hydrogen-bond acceptors (Lipinski definition) is 11. The number of esters is 1. The van der Waals surface area contributed by atoms with Crippen LogP contribution < -0.4 is 20.7 Å². The molecule has 2 heterocycles. The number of carbonyl (C=O) groups is 2. The number of anilines is 3. The van der Waals surface area contributed by atoms with Gasteiger partial charge in [-0.3, -0.25) is 14.9 Å². The monoisotopic (exact) mass is 604 g/mol. The molecule has 14 nitrogen and oxygen atoms in total. The van der Waals surface area contributed by atoms with E-state index in [0.29, 0.717) is 41.0 Å². The van der Waals surface area contributed by atoms with E-state index in [1.807, 2.05) is 42.9 Å².